The summed E-state index contributed by atoms with van der Waals surface area (Å²) < 4.78 is 38.4. The van der Waals surface area contributed by atoms with Crippen LogP contribution in [0.3, 0.4) is 0 Å². The molecule has 1 heterocycles. The first-order valence-corrected chi connectivity index (χ1v) is 4.73. The Kier molecular flexibility index (Phi) is 2.37. The molecule has 1 aromatic rings. The Morgan fingerprint density at radius 1 is 1.39 bits per heavy atom. The number of hydrogen-bond donors (Lipinski definition) is 3. The SMILES string of the molecule is N[C@]1(C(=O)O)C(=O)Nc2cccc(C(F)(F)F)c21. The molecule has 2 rings (SSSR count). The Bertz CT molecular complexity index is 556. The molecule has 0 aliphatic carbocycles. The molecule has 1 aliphatic heterocycles. The maximum Gasteiger partial charge on any atom is 0.416 e. The van der Waals surface area contributed by atoms with E-state index in [0.29, 0.717) is 6.07 Å². The highest BCUT2D eigenvalue weighted by Gasteiger charge is 2.54. The van der Waals surface area contributed by atoms with Crippen molar-refractivity contribution in [3.8, 4) is 0 Å². The van der Waals surface area contributed by atoms with Crippen LogP contribution in [-0.2, 0) is 21.3 Å². The van der Waals surface area contributed by atoms with E-state index >= 15 is 0 Å². The predicted molar refractivity (Wildman–Crippen MR) is 53.6 cm³/mol. The summed E-state index contributed by atoms with van der Waals surface area (Å²) in [6, 6.07) is 2.92. The maximum absolute atomic E-state index is 12.8. The van der Waals surface area contributed by atoms with Crippen LogP contribution in [0.1, 0.15) is 11.1 Å². The van der Waals surface area contributed by atoms with Crippen molar-refractivity contribution >= 4 is 17.6 Å². The lowest BCUT2D eigenvalue weighted by Gasteiger charge is -2.20. The lowest BCUT2D eigenvalue weighted by Crippen LogP contribution is -2.51. The van der Waals surface area contributed by atoms with Crippen molar-refractivity contribution in [1.29, 1.82) is 0 Å². The minimum atomic E-state index is -4.79. The van der Waals surface area contributed by atoms with Crippen molar-refractivity contribution in [1.82, 2.24) is 0 Å². The smallest absolute Gasteiger partial charge is 0.416 e. The third-order valence-electron chi connectivity index (χ3n) is 2.71. The van der Waals surface area contributed by atoms with E-state index in [1.54, 1.807) is 0 Å². The number of halogens is 3. The molecule has 0 spiro atoms. The standard InChI is InChI=1S/C10H7F3N2O3/c11-10(12,13)4-2-1-3-5-6(4)9(14,8(17)18)7(16)15-5/h1-3H,14H2,(H,15,16)(H,17,18)/t9-/m0/s1. The summed E-state index contributed by atoms with van der Waals surface area (Å²) in [6.07, 6.45) is -4.79. The number of fused-ring (bicyclic) bond motifs is 1. The number of carbonyl (C=O) groups is 2. The number of rotatable bonds is 1. The van der Waals surface area contributed by atoms with E-state index in [4.69, 9.17) is 10.8 Å². The number of carboxylic acid groups (broad SMARTS) is 1. The highest BCUT2D eigenvalue weighted by molar-refractivity contribution is 6.18. The lowest BCUT2D eigenvalue weighted by molar-refractivity contribution is -0.148. The topological polar surface area (TPSA) is 92.4 Å². The summed E-state index contributed by atoms with van der Waals surface area (Å²) in [7, 11) is 0. The van der Waals surface area contributed by atoms with Gasteiger partial charge in [0.05, 0.1) is 5.56 Å². The van der Waals surface area contributed by atoms with Crippen LogP contribution in [0.2, 0.25) is 0 Å². The Hall–Kier alpha value is -2.09. The van der Waals surface area contributed by atoms with Crippen molar-refractivity contribution in [2.24, 2.45) is 5.73 Å². The van der Waals surface area contributed by atoms with Gasteiger partial charge >= 0.3 is 12.1 Å². The zero-order valence-electron chi connectivity index (χ0n) is 8.71. The molecular formula is C10H7F3N2O3. The summed E-state index contributed by atoms with van der Waals surface area (Å²) in [6.45, 7) is 0. The molecule has 0 aromatic heterocycles. The van der Waals surface area contributed by atoms with Crippen LogP contribution < -0.4 is 11.1 Å². The number of amides is 1. The first-order valence-electron chi connectivity index (χ1n) is 4.73. The molecule has 1 aromatic carbocycles. The second-order valence-electron chi connectivity index (χ2n) is 3.79. The van der Waals surface area contributed by atoms with Gasteiger partial charge in [-0.05, 0) is 12.1 Å². The van der Waals surface area contributed by atoms with E-state index in [-0.39, 0.29) is 5.69 Å². The number of hydrogen-bond acceptors (Lipinski definition) is 3. The molecule has 1 atom stereocenters. The van der Waals surface area contributed by atoms with E-state index in [1.165, 1.54) is 6.07 Å². The van der Waals surface area contributed by atoms with Gasteiger partial charge in [-0.25, -0.2) is 4.79 Å². The third-order valence-corrected chi connectivity index (χ3v) is 2.71. The number of alkyl halides is 3. The molecule has 8 heteroatoms. The van der Waals surface area contributed by atoms with Crippen LogP contribution in [-0.4, -0.2) is 17.0 Å². The molecule has 18 heavy (non-hydrogen) atoms. The second-order valence-corrected chi connectivity index (χ2v) is 3.79. The first kappa shape index (κ1) is 12.4. The molecule has 0 unspecified atom stereocenters. The van der Waals surface area contributed by atoms with Crippen molar-refractivity contribution in [3.63, 3.8) is 0 Å². The second kappa shape index (κ2) is 3.45. The summed E-state index contributed by atoms with van der Waals surface area (Å²) in [5.41, 5.74) is 0.398. The fourth-order valence-corrected chi connectivity index (χ4v) is 1.86. The van der Waals surface area contributed by atoms with Gasteiger partial charge in [0.25, 0.3) is 5.91 Å². The maximum atomic E-state index is 12.8. The molecule has 1 amide bonds. The summed E-state index contributed by atoms with van der Waals surface area (Å²) >= 11 is 0. The van der Waals surface area contributed by atoms with Gasteiger partial charge in [0.1, 0.15) is 0 Å². The molecule has 5 nitrogen and oxygen atoms in total. The summed E-state index contributed by atoms with van der Waals surface area (Å²) in [5.74, 6) is -3.03. The summed E-state index contributed by atoms with van der Waals surface area (Å²) in [5, 5.41) is 11.0. The van der Waals surface area contributed by atoms with Crippen LogP contribution in [0.15, 0.2) is 18.2 Å². The molecular weight excluding hydrogens is 253 g/mol. The van der Waals surface area contributed by atoms with Crippen molar-refractivity contribution in [3.05, 3.63) is 29.3 Å². The molecule has 0 saturated carbocycles. The van der Waals surface area contributed by atoms with Gasteiger partial charge in [-0.15, -0.1) is 0 Å². The van der Waals surface area contributed by atoms with Gasteiger partial charge in [0, 0.05) is 11.3 Å². The number of nitrogens with one attached hydrogen (secondary N) is 1. The fraction of sp³-hybridized carbons (Fsp3) is 0.200. The van der Waals surface area contributed by atoms with Crippen molar-refractivity contribution in [2.45, 2.75) is 11.7 Å². The van der Waals surface area contributed by atoms with Crippen molar-refractivity contribution in [2.75, 3.05) is 5.32 Å². The lowest BCUT2D eigenvalue weighted by atomic mass is 9.88. The number of carboxylic acids is 1. The molecule has 0 bridgehead atoms. The largest absolute Gasteiger partial charge is 0.479 e. The molecule has 1 aliphatic rings. The Morgan fingerprint density at radius 2 is 2.00 bits per heavy atom. The fourth-order valence-electron chi connectivity index (χ4n) is 1.86. The van der Waals surface area contributed by atoms with Gasteiger partial charge in [-0.1, -0.05) is 6.07 Å². The van der Waals surface area contributed by atoms with Gasteiger partial charge in [-0.2, -0.15) is 13.2 Å². The highest BCUT2D eigenvalue weighted by Crippen LogP contribution is 2.43. The zero-order valence-corrected chi connectivity index (χ0v) is 8.71. The minimum Gasteiger partial charge on any atom is -0.479 e. The third kappa shape index (κ3) is 1.46. The van der Waals surface area contributed by atoms with Crippen LogP contribution in [0, 0.1) is 0 Å². The van der Waals surface area contributed by atoms with Crippen LogP contribution in [0.4, 0.5) is 18.9 Å². The van der Waals surface area contributed by atoms with Crippen LogP contribution in [0.25, 0.3) is 0 Å². The molecule has 4 N–H and O–H groups in total. The minimum absolute atomic E-state index is 0.236. The highest BCUT2D eigenvalue weighted by atomic mass is 19.4. The number of anilines is 1. The molecule has 0 fully saturated rings. The number of carbonyl (C=O) groups excluding carboxylic acids is 1. The first-order chi connectivity index (χ1) is 8.19. The van der Waals surface area contributed by atoms with Gasteiger partial charge in [0.15, 0.2) is 0 Å². The van der Waals surface area contributed by atoms with E-state index < -0.39 is 34.7 Å². The average Bonchev–Trinajstić information content (AvgIpc) is 2.51. The summed E-state index contributed by atoms with van der Waals surface area (Å²) in [4.78, 5) is 22.5. The zero-order chi connectivity index (χ0) is 13.7. The monoisotopic (exact) mass is 260 g/mol. The average molecular weight is 260 g/mol. The van der Waals surface area contributed by atoms with E-state index in [1.807, 2.05) is 5.32 Å². The van der Waals surface area contributed by atoms with Gasteiger partial charge < -0.3 is 16.2 Å². The van der Waals surface area contributed by atoms with Crippen molar-refractivity contribution < 1.29 is 27.9 Å². The number of benzene rings is 1. The molecule has 96 valence electrons. The van der Waals surface area contributed by atoms with E-state index in [9.17, 15) is 22.8 Å². The van der Waals surface area contributed by atoms with Gasteiger partial charge in [-0.3, -0.25) is 4.79 Å². The molecule has 0 radical (unpaired) electrons. The molecule has 0 saturated heterocycles. The predicted octanol–water partition coefficient (Wildman–Crippen LogP) is 0.896. The Balaban J connectivity index is 2.78. The Labute approximate surface area is 98.4 Å². The Morgan fingerprint density at radius 3 is 2.50 bits per heavy atom. The normalized spacial score (nSPS) is 22.6. The van der Waals surface area contributed by atoms with Crippen LogP contribution in [0.5, 0.6) is 0 Å². The number of nitrogens with two attached hydrogens (primary N) is 1. The quantitative estimate of drug-likeness (QED) is 0.654. The number of aliphatic carboxylic acids is 1. The van der Waals surface area contributed by atoms with E-state index in [2.05, 4.69) is 0 Å². The van der Waals surface area contributed by atoms with Crippen LogP contribution >= 0.6 is 0 Å². The van der Waals surface area contributed by atoms with Gasteiger partial charge in [0.2, 0.25) is 5.54 Å². The van der Waals surface area contributed by atoms with E-state index in [0.717, 1.165) is 6.07 Å².